The number of esters is 3. The molecule has 0 rings (SSSR count). The Labute approximate surface area is 419 Å². The summed E-state index contributed by atoms with van der Waals surface area (Å²) in [7, 11) is 0. The van der Waals surface area contributed by atoms with E-state index in [4.69, 9.17) is 14.2 Å². The van der Waals surface area contributed by atoms with E-state index in [0.717, 1.165) is 122 Å². The lowest BCUT2D eigenvalue weighted by Crippen LogP contribution is -2.30. The second-order valence-electron chi connectivity index (χ2n) is 18.4. The minimum absolute atomic E-state index is 0.0968. The Hall–Kier alpha value is -3.67. The number of rotatable bonds is 50. The number of hydrogen-bond donors (Lipinski definition) is 0. The van der Waals surface area contributed by atoms with Gasteiger partial charge in [-0.25, -0.2) is 0 Å². The first-order valence-electron chi connectivity index (χ1n) is 28.2. The van der Waals surface area contributed by atoms with E-state index in [0.29, 0.717) is 19.3 Å². The van der Waals surface area contributed by atoms with Gasteiger partial charge in [0.25, 0.3) is 0 Å². The van der Waals surface area contributed by atoms with Crippen molar-refractivity contribution in [1.29, 1.82) is 0 Å². The van der Waals surface area contributed by atoms with Crippen molar-refractivity contribution in [3.8, 4) is 0 Å². The highest BCUT2D eigenvalue weighted by atomic mass is 16.6. The molecule has 6 nitrogen and oxygen atoms in total. The second kappa shape index (κ2) is 55.9. The first-order valence-corrected chi connectivity index (χ1v) is 28.2. The van der Waals surface area contributed by atoms with E-state index < -0.39 is 6.10 Å². The molecular weight excluding hydrogens is 841 g/mol. The van der Waals surface area contributed by atoms with Crippen LogP contribution in [-0.2, 0) is 28.6 Å². The van der Waals surface area contributed by atoms with Crippen LogP contribution in [0.4, 0.5) is 0 Å². The highest BCUT2D eigenvalue weighted by Crippen LogP contribution is 2.14. The lowest BCUT2D eigenvalue weighted by atomic mass is 10.1. The maximum absolute atomic E-state index is 12.9. The van der Waals surface area contributed by atoms with Crippen molar-refractivity contribution in [2.24, 2.45) is 0 Å². The summed E-state index contributed by atoms with van der Waals surface area (Å²) in [6.07, 6.45) is 74.0. The van der Waals surface area contributed by atoms with E-state index in [1.165, 1.54) is 96.3 Å². The molecule has 0 aromatic carbocycles. The molecule has 0 N–H and O–H groups in total. The minimum Gasteiger partial charge on any atom is -0.462 e. The molecule has 0 aromatic rings. The van der Waals surface area contributed by atoms with Crippen LogP contribution in [0.3, 0.4) is 0 Å². The Kier molecular flexibility index (Phi) is 52.9. The van der Waals surface area contributed by atoms with Crippen molar-refractivity contribution in [3.63, 3.8) is 0 Å². The summed E-state index contributed by atoms with van der Waals surface area (Å²) < 4.78 is 16.8. The first-order chi connectivity index (χ1) is 33.5. The Morgan fingerprint density at radius 2 is 0.574 bits per heavy atom. The van der Waals surface area contributed by atoms with Gasteiger partial charge in [-0.3, -0.25) is 14.4 Å². The molecule has 1 atom stereocenters. The lowest BCUT2D eigenvalue weighted by molar-refractivity contribution is -0.167. The van der Waals surface area contributed by atoms with E-state index in [9.17, 15) is 14.4 Å². The van der Waals surface area contributed by atoms with Crippen molar-refractivity contribution in [2.75, 3.05) is 13.2 Å². The van der Waals surface area contributed by atoms with Gasteiger partial charge in [0.2, 0.25) is 0 Å². The van der Waals surface area contributed by atoms with Crippen molar-refractivity contribution in [3.05, 3.63) is 97.2 Å². The molecule has 0 heterocycles. The van der Waals surface area contributed by atoms with Gasteiger partial charge in [-0.1, -0.05) is 221 Å². The fourth-order valence-electron chi connectivity index (χ4n) is 7.62. The monoisotopic (exact) mass is 945 g/mol. The van der Waals surface area contributed by atoms with Crippen LogP contribution in [0, 0.1) is 0 Å². The smallest absolute Gasteiger partial charge is 0.306 e. The third-order valence-electron chi connectivity index (χ3n) is 11.8. The maximum Gasteiger partial charge on any atom is 0.306 e. The highest BCUT2D eigenvalue weighted by molar-refractivity contribution is 5.71. The second-order valence-corrected chi connectivity index (χ2v) is 18.4. The lowest BCUT2D eigenvalue weighted by Gasteiger charge is -2.18. The topological polar surface area (TPSA) is 78.9 Å². The molecule has 0 aromatic heterocycles. The van der Waals surface area contributed by atoms with Crippen LogP contribution in [0.25, 0.3) is 0 Å². The molecule has 68 heavy (non-hydrogen) atoms. The molecule has 388 valence electrons. The van der Waals surface area contributed by atoms with Crippen molar-refractivity contribution < 1.29 is 28.6 Å². The summed E-state index contributed by atoms with van der Waals surface area (Å²) in [5.41, 5.74) is 0. The Balaban J connectivity index is 4.43. The zero-order valence-electron chi connectivity index (χ0n) is 44.3. The molecule has 0 spiro atoms. The molecule has 0 saturated carbocycles. The van der Waals surface area contributed by atoms with Gasteiger partial charge < -0.3 is 14.2 Å². The molecule has 0 aliphatic rings. The van der Waals surface area contributed by atoms with Crippen molar-refractivity contribution >= 4 is 17.9 Å². The molecule has 1 unspecified atom stereocenters. The number of carbonyl (C=O) groups is 3. The molecule has 0 aliphatic heterocycles. The van der Waals surface area contributed by atoms with Crippen LogP contribution in [0.1, 0.15) is 258 Å². The van der Waals surface area contributed by atoms with Gasteiger partial charge in [0, 0.05) is 19.3 Å². The standard InChI is InChI=1S/C62H104O6/c1-4-7-10-13-16-19-22-25-27-29-31-33-34-37-40-43-46-49-52-55-61(64)67-58-59(57-66-60(63)54-51-48-45-42-39-36-24-21-18-15-12-9-6-3)68-62(65)56-53-50-47-44-41-38-35-32-30-28-26-23-20-17-14-11-8-5-2/h7,9-10,12,16,18-19,21,25,27-28,30-31,33,36,39,59H,4-6,8,11,13-15,17,20,22-24,26,29,32,34-35,37-38,40-58H2,1-3H3/b10-7-,12-9-,19-16-,21-18-,27-25-,30-28-,33-31-,39-36-. The third kappa shape index (κ3) is 53.3. The maximum atomic E-state index is 12.9. The molecule has 0 aliphatic carbocycles. The summed E-state index contributed by atoms with van der Waals surface area (Å²) in [6.45, 7) is 6.37. The van der Waals surface area contributed by atoms with Gasteiger partial charge in [0.15, 0.2) is 6.10 Å². The van der Waals surface area contributed by atoms with Crippen LogP contribution in [0.5, 0.6) is 0 Å². The minimum atomic E-state index is -0.799. The average Bonchev–Trinajstić information content (AvgIpc) is 3.34. The van der Waals surface area contributed by atoms with Gasteiger partial charge in [-0.15, -0.1) is 0 Å². The number of ether oxygens (including phenoxy) is 3. The van der Waals surface area contributed by atoms with Gasteiger partial charge in [-0.2, -0.15) is 0 Å². The van der Waals surface area contributed by atoms with Gasteiger partial charge in [-0.05, 0) is 116 Å². The molecule has 0 fully saturated rings. The fraction of sp³-hybridized carbons (Fsp3) is 0.694. The first kappa shape index (κ1) is 64.3. The zero-order chi connectivity index (χ0) is 49.3. The molecule has 6 heteroatoms. The Morgan fingerprint density at radius 3 is 0.926 bits per heavy atom. The SMILES string of the molecule is CC/C=C\C/C=C\C/C=C\C/C=C\CCCCCCCCC(=O)OCC(COC(=O)CCCCC/C=C\C/C=C\C/C=C\CC)OC(=O)CCCCCCCCC/C=C\CCCCCCCCC. The van der Waals surface area contributed by atoms with E-state index in [-0.39, 0.29) is 31.1 Å². The molecular formula is C62H104O6. The summed E-state index contributed by atoms with van der Waals surface area (Å²) in [5, 5.41) is 0. The number of unbranched alkanes of at least 4 members (excludes halogenated alkanes) is 23. The summed E-state index contributed by atoms with van der Waals surface area (Å²) in [4.78, 5) is 38.1. The summed E-state index contributed by atoms with van der Waals surface area (Å²) in [6, 6.07) is 0. The third-order valence-corrected chi connectivity index (χ3v) is 11.8. The van der Waals surface area contributed by atoms with E-state index >= 15 is 0 Å². The van der Waals surface area contributed by atoms with Crippen LogP contribution in [0.15, 0.2) is 97.2 Å². The Bertz CT molecular complexity index is 1360. The van der Waals surface area contributed by atoms with Crippen LogP contribution < -0.4 is 0 Å². The zero-order valence-corrected chi connectivity index (χ0v) is 44.3. The van der Waals surface area contributed by atoms with Crippen molar-refractivity contribution in [1.82, 2.24) is 0 Å². The predicted molar refractivity (Wildman–Crippen MR) is 293 cm³/mol. The van der Waals surface area contributed by atoms with E-state index in [2.05, 4.69) is 118 Å². The van der Waals surface area contributed by atoms with Gasteiger partial charge in [0.1, 0.15) is 13.2 Å². The fourth-order valence-corrected chi connectivity index (χ4v) is 7.62. The average molecular weight is 946 g/mol. The number of allylic oxidation sites excluding steroid dienone is 16. The highest BCUT2D eigenvalue weighted by Gasteiger charge is 2.19. The van der Waals surface area contributed by atoms with Crippen LogP contribution in [0.2, 0.25) is 0 Å². The molecule has 0 radical (unpaired) electrons. The summed E-state index contributed by atoms with van der Waals surface area (Å²) in [5.74, 6) is -0.942. The van der Waals surface area contributed by atoms with E-state index in [1.54, 1.807) is 0 Å². The molecule has 0 bridgehead atoms. The van der Waals surface area contributed by atoms with Crippen LogP contribution >= 0.6 is 0 Å². The largest absolute Gasteiger partial charge is 0.462 e. The summed E-state index contributed by atoms with van der Waals surface area (Å²) >= 11 is 0. The predicted octanol–water partition coefficient (Wildman–Crippen LogP) is 18.9. The van der Waals surface area contributed by atoms with E-state index in [1.807, 2.05) is 0 Å². The van der Waals surface area contributed by atoms with Gasteiger partial charge in [0.05, 0.1) is 0 Å². The molecule has 0 amide bonds. The molecule has 0 saturated heterocycles. The number of hydrogen-bond acceptors (Lipinski definition) is 6. The normalized spacial score (nSPS) is 12.8. The Morgan fingerprint density at radius 1 is 0.309 bits per heavy atom. The van der Waals surface area contributed by atoms with Crippen molar-refractivity contribution in [2.45, 2.75) is 264 Å². The quantitative estimate of drug-likeness (QED) is 0.0262. The number of carbonyl (C=O) groups excluding carboxylic acids is 3. The van der Waals surface area contributed by atoms with Gasteiger partial charge >= 0.3 is 17.9 Å². The van der Waals surface area contributed by atoms with Crippen LogP contribution in [-0.4, -0.2) is 37.2 Å².